The Morgan fingerprint density at radius 1 is 0.312 bits per heavy atom. The van der Waals surface area contributed by atoms with E-state index in [9.17, 15) is 0 Å². The minimum absolute atomic E-state index is 0.736. The van der Waals surface area contributed by atoms with E-state index in [1.165, 1.54) is 40.3 Å². The third-order valence-electron chi connectivity index (χ3n) is 9.14. The molecule has 6 aromatic carbocycles. The Bertz CT molecular complexity index is 2640. The van der Waals surface area contributed by atoms with E-state index in [4.69, 9.17) is 19.9 Å². The van der Waals surface area contributed by atoms with Crippen molar-refractivity contribution in [2.24, 2.45) is 0 Å². The van der Waals surface area contributed by atoms with Gasteiger partial charge in [-0.3, -0.25) is 0 Å². The van der Waals surface area contributed by atoms with E-state index in [0.717, 1.165) is 55.8 Å². The highest BCUT2D eigenvalue weighted by Gasteiger charge is 2.16. The van der Waals surface area contributed by atoms with E-state index in [-0.39, 0.29) is 0 Å². The van der Waals surface area contributed by atoms with E-state index >= 15 is 0 Å². The van der Waals surface area contributed by atoms with Crippen LogP contribution in [-0.2, 0) is 0 Å². The molecular formula is C42H24N4S2. The maximum atomic E-state index is 4.88. The van der Waals surface area contributed by atoms with E-state index < -0.39 is 0 Å². The van der Waals surface area contributed by atoms with E-state index in [1.54, 1.807) is 22.7 Å². The van der Waals surface area contributed by atoms with Gasteiger partial charge in [-0.1, -0.05) is 97.1 Å². The third kappa shape index (κ3) is 4.27. The summed E-state index contributed by atoms with van der Waals surface area (Å²) in [6.45, 7) is 0. The third-order valence-corrected chi connectivity index (χ3v) is 11.6. The molecule has 0 N–H and O–H groups in total. The topological polar surface area (TPSA) is 51.6 Å². The molecule has 0 amide bonds. The number of hydrogen-bond donors (Lipinski definition) is 0. The SMILES string of the molecule is c1ccc2c(c1)sc1c(-c3ncc(-c4ccc(-c5cnc(-c6cccc7c6sc6ccccc67)nc5)c5ccccc45)cn3)cccc12. The lowest BCUT2D eigenvalue weighted by Crippen LogP contribution is -1.93. The first kappa shape index (κ1) is 27.3. The summed E-state index contributed by atoms with van der Waals surface area (Å²) in [7, 11) is 0. The molecule has 4 heterocycles. The van der Waals surface area contributed by atoms with Crippen LogP contribution in [0.15, 0.2) is 146 Å². The summed E-state index contributed by atoms with van der Waals surface area (Å²) in [5.74, 6) is 1.47. The van der Waals surface area contributed by atoms with Gasteiger partial charge in [0, 0.05) is 87.4 Å². The first-order chi connectivity index (χ1) is 23.8. The van der Waals surface area contributed by atoms with Gasteiger partial charge in [0.25, 0.3) is 0 Å². The minimum Gasteiger partial charge on any atom is -0.236 e. The Hall–Kier alpha value is -5.82. The van der Waals surface area contributed by atoms with Crippen molar-refractivity contribution < 1.29 is 0 Å². The van der Waals surface area contributed by atoms with Gasteiger partial charge in [-0.2, -0.15) is 0 Å². The van der Waals surface area contributed by atoms with Gasteiger partial charge >= 0.3 is 0 Å². The van der Waals surface area contributed by atoms with Crippen LogP contribution in [-0.4, -0.2) is 19.9 Å². The zero-order valence-corrected chi connectivity index (χ0v) is 27.1. The predicted molar refractivity (Wildman–Crippen MR) is 203 cm³/mol. The lowest BCUT2D eigenvalue weighted by Gasteiger charge is -2.12. The largest absolute Gasteiger partial charge is 0.236 e. The minimum atomic E-state index is 0.736. The summed E-state index contributed by atoms with van der Waals surface area (Å²) in [5, 5.41) is 7.31. The molecule has 0 atom stereocenters. The summed E-state index contributed by atoms with van der Waals surface area (Å²) in [6, 6.07) is 42.7. The molecule has 0 aliphatic heterocycles. The molecule has 0 bridgehead atoms. The zero-order chi connectivity index (χ0) is 31.6. The van der Waals surface area contributed by atoms with Crippen LogP contribution in [0.4, 0.5) is 0 Å². The zero-order valence-electron chi connectivity index (χ0n) is 25.5. The fourth-order valence-corrected chi connectivity index (χ4v) is 9.28. The Morgan fingerprint density at radius 2 is 0.688 bits per heavy atom. The number of hydrogen-bond acceptors (Lipinski definition) is 6. The maximum Gasteiger partial charge on any atom is 0.160 e. The molecule has 224 valence electrons. The number of rotatable bonds is 4. The maximum absolute atomic E-state index is 4.88. The van der Waals surface area contributed by atoms with Crippen molar-refractivity contribution in [3.63, 3.8) is 0 Å². The second-order valence-corrected chi connectivity index (χ2v) is 14.0. The lowest BCUT2D eigenvalue weighted by molar-refractivity contribution is 1.18. The molecule has 10 aromatic rings. The van der Waals surface area contributed by atoms with Gasteiger partial charge < -0.3 is 0 Å². The average molecular weight is 649 g/mol. The summed E-state index contributed by atoms with van der Waals surface area (Å²) < 4.78 is 4.98. The van der Waals surface area contributed by atoms with Crippen LogP contribution in [0.2, 0.25) is 0 Å². The Morgan fingerprint density at radius 3 is 1.12 bits per heavy atom. The van der Waals surface area contributed by atoms with Crippen LogP contribution >= 0.6 is 22.7 Å². The van der Waals surface area contributed by atoms with Crippen molar-refractivity contribution in [1.29, 1.82) is 0 Å². The fourth-order valence-electron chi connectivity index (χ4n) is 6.86. The number of benzene rings is 6. The molecule has 0 saturated carbocycles. The molecule has 4 aromatic heterocycles. The molecule has 10 rings (SSSR count). The quantitative estimate of drug-likeness (QED) is 0.191. The van der Waals surface area contributed by atoms with E-state index in [2.05, 4.69) is 121 Å². The van der Waals surface area contributed by atoms with Crippen LogP contribution in [0.25, 0.3) is 96.1 Å². The molecule has 0 radical (unpaired) electrons. The number of thiophene rings is 2. The molecular weight excluding hydrogens is 625 g/mol. The Labute approximate surface area is 283 Å². The molecule has 0 fully saturated rings. The van der Waals surface area contributed by atoms with E-state index in [0.29, 0.717) is 0 Å². The number of nitrogens with zero attached hydrogens (tertiary/aromatic N) is 4. The van der Waals surface area contributed by atoms with Crippen LogP contribution in [0.3, 0.4) is 0 Å². The van der Waals surface area contributed by atoms with Crippen molar-refractivity contribution in [3.8, 4) is 45.0 Å². The second-order valence-electron chi connectivity index (χ2n) is 11.9. The standard InChI is InChI=1S/C42H24N4S2/c1-2-10-30-28(26-23-45-42(46-24-26)36-16-8-14-34-32-12-4-6-18-38(32)48-40(34)36)20-19-27(29(30)9-1)25-21-43-41(44-22-25)35-15-7-13-33-31-11-3-5-17-37(31)47-39(33)35/h1-24H. The first-order valence-corrected chi connectivity index (χ1v) is 17.4. The smallest absolute Gasteiger partial charge is 0.160 e. The van der Waals surface area contributed by atoms with Crippen molar-refractivity contribution in [3.05, 3.63) is 146 Å². The van der Waals surface area contributed by atoms with Gasteiger partial charge in [-0.25, -0.2) is 19.9 Å². The summed E-state index contributed by atoms with van der Waals surface area (Å²) in [5.41, 5.74) is 6.27. The molecule has 0 aliphatic carbocycles. The van der Waals surface area contributed by atoms with Gasteiger partial charge in [-0.05, 0) is 46.2 Å². The van der Waals surface area contributed by atoms with Crippen LogP contribution in [0.5, 0.6) is 0 Å². The van der Waals surface area contributed by atoms with E-state index in [1.807, 2.05) is 24.8 Å². The van der Waals surface area contributed by atoms with Gasteiger partial charge in [-0.15, -0.1) is 22.7 Å². The molecule has 0 unspecified atom stereocenters. The van der Waals surface area contributed by atoms with Crippen molar-refractivity contribution in [2.75, 3.05) is 0 Å². The predicted octanol–water partition coefficient (Wildman–Crippen LogP) is 11.8. The molecule has 6 heteroatoms. The van der Waals surface area contributed by atoms with Gasteiger partial charge in [0.2, 0.25) is 0 Å². The highest BCUT2D eigenvalue weighted by Crippen LogP contribution is 2.41. The normalized spacial score (nSPS) is 11.8. The summed E-state index contributed by atoms with van der Waals surface area (Å²) in [4.78, 5) is 19.5. The van der Waals surface area contributed by atoms with Crippen molar-refractivity contribution in [2.45, 2.75) is 0 Å². The number of aromatic nitrogens is 4. The lowest BCUT2D eigenvalue weighted by atomic mass is 9.94. The van der Waals surface area contributed by atoms with Crippen molar-refractivity contribution >= 4 is 73.8 Å². The molecule has 0 aliphatic rings. The molecule has 4 nitrogen and oxygen atoms in total. The highest BCUT2D eigenvalue weighted by molar-refractivity contribution is 7.26. The van der Waals surface area contributed by atoms with Gasteiger partial charge in [0.1, 0.15) is 0 Å². The first-order valence-electron chi connectivity index (χ1n) is 15.8. The fraction of sp³-hybridized carbons (Fsp3) is 0. The summed E-state index contributed by atoms with van der Waals surface area (Å²) >= 11 is 3.59. The second kappa shape index (κ2) is 10.9. The number of fused-ring (bicyclic) bond motifs is 7. The van der Waals surface area contributed by atoms with Crippen LogP contribution < -0.4 is 0 Å². The Kier molecular flexibility index (Phi) is 6.19. The monoisotopic (exact) mass is 648 g/mol. The molecule has 0 saturated heterocycles. The van der Waals surface area contributed by atoms with Crippen LogP contribution in [0.1, 0.15) is 0 Å². The molecule has 0 spiro atoms. The van der Waals surface area contributed by atoms with Crippen LogP contribution in [0, 0.1) is 0 Å². The summed E-state index contributed by atoms with van der Waals surface area (Å²) in [6.07, 6.45) is 7.79. The Balaban J connectivity index is 1.01. The highest BCUT2D eigenvalue weighted by atomic mass is 32.1. The average Bonchev–Trinajstić information content (AvgIpc) is 3.73. The molecule has 48 heavy (non-hydrogen) atoms. The van der Waals surface area contributed by atoms with Gasteiger partial charge in [0.05, 0.1) is 0 Å². The van der Waals surface area contributed by atoms with Gasteiger partial charge in [0.15, 0.2) is 11.6 Å². The van der Waals surface area contributed by atoms with Crippen molar-refractivity contribution in [1.82, 2.24) is 19.9 Å².